The van der Waals surface area contributed by atoms with Crippen molar-refractivity contribution in [2.75, 3.05) is 6.54 Å². The highest BCUT2D eigenvalue weighted by atomic mass is 19.1. The van der Waals surface area contributed by atoms with Gasteiger partial charge in [-0.1, -0.05) is 12.2 Å². The molecule has 1 unspecified atom stereocenters. The zero-order valence-electron chi connectivity index (χ0n) is 10.00. The van der Waals surface area contributed by atoms with Crippen LogP contribution >= 0.6 is 0 Å². The van der Waals surface area contributed by atoms with Gasteiger partial charge in [0.25, 0.3) is 5.91 Å². The van der Waals surface area contributed by atoms with E-state index in [4.69, 9.17) is 4.74 Å². The summed E-state index contributed by atoms with van der Waals surface area (Å²) in [7, 11) is 0. The molecule has 1 aromatic rings. The van der Waals surface area contributed by atoms with Crippen LogP contribution in [0.15, 0.2) is 36.4 Å². The third-order valence-electron chi connectivity index (χ3n) is 2.06. The zero-order chi connectivity index (χ0) is 12.8. The number of halogens is 1. The summed E-state index contributed by atoms with van der Waals surface area (Å²) in [6.45, 7) is 7.57. The molecule has 4 heteroatoms. The third kappa shape index (κ3) is 4.68. The summed E-state index contributed by atoms with van der Waals surface area (Å²) in [5.74, 6) is -0.0987. The van der Waals surface area contributed by atoms with Crippen LogP contribution in [0.1, 0.15) is 13.8 Å². The number of ether oxygens (including phenoxy) is 1. The lowest BCUT2D eigenvalue weighted by Crippen LogP contribution is -2.37. The highest BCUT2D eigenvalue weighted by Gasteiger charge is 2.13. The lowest BCUT2D eigenvalue weighted by molar-refractivity contribution is -0.127. The zero-order valence-corrected chi connectivity index (χ0v) is 10.00. The number of nitrogens with one attached hydrogen (secondary N) is 1. The average molecular weight is 237 g/mol. The largest absolute Gasteiger partial charge is 0.481 e. The first-order valence-electron chi connectivity index (χ1n) is 5.33. The highest BCUT2D eigenvalue weighted by Crippen LogP contribution is 2.12. The van der Waals surface area contributed by atoms with Crippen LogP contribution in [-0.4, -0.2) is 18.6 Å². The van der Waals surface area contributed by atoms with E-state index < -0.39 is 6.10 Å². The standard InChI is InChI=1S/C13H16FNO2/c1-9(2)8-15-13(16)10(3)17-12-6-4-11(14)5-7-12/h4-7,10H,1,8H2,2-3H3,(H,15,16). The van der Waals surface area contributed by atoms with E-state index in [1.54, 1.807) is 6.92 Å². The lowest BCUT2D eigenvalue weighted by atomic mass is 10.3. The van der Waals surface area contributed by atoms with E-state index >= 15 is 0 Å². The van der Waals surface area contributed by atoms with Gasteiger partial charge in [-0.3, -0.25) is 4.79 Å². The molecule has 0 bridgehead atoms. The van der Waals surface area contributed by atoms with E-state index in [0.29, 0.717) is 12.3 Å². The van der Waals surface area contributed by atoms with Gasteiger partial charge in [0.15, 0.2) is 6.10 Å². The Hall–Kier alpha value is -1.84. The molecule has 0 saturated carbocycles. The Kier molecular flexibility index (Phi) is 4.69. The van der Waals surface area contributed by atoms with Crippen molar-refractivity contribution in [1.29, 1.82) is 0 Å². The molecule has 0 saturated heterocycles. The van der Waals surface area contributed by atoms with Crippen LogP contribution in [0.3, 0.4) is 0 Å². The van der Waals surface area contributed by atoms with E-state index in [1.165, 1.54) is 24.3 Å². The Bertz CT molecular complexity index is 400. The molecule has 0 aliphatic carbocycles. The van der Waals surface area contributed by atoms with Crippen LogP contribution < -0.4 is 10.1 Å². The summed E-state index contributed by atoms with van der Waals surface area (Å²) in [6.07, 6.45) is -0.625. The smallest absolute Gasteiger partial charge is 0.261 e. The van der Waals surface area contributed by atoms with Gasteiger partial charge in [-0.15, -0.1) is 0 Å². The Morgan fingerprint density at radius 3 is 2.59 bits per heavy atom. The van der Waals surface area contributed by atoms with Crippen LogP contribution in [0.4, 0.5) is 4.39 Å². The molecule has 0 aliphatic rings. The van der Waals surface area contributed by atoms with Gasteiger partial charge in [0.1, 0.15) is 11.6 Å². The molecule has 1 amide bonds. The van der Waals surface area contributed by atoms with Crippen LogP contribution in [0.2, 0.25) is 0 Å². The molecule has 1 aromatic carbocycles. The molecule has 0 heterocycles. The van der Waals surface area contributed by atoms with Gasteiger partial charge in [0, 0.05) is 6.54 Å². The van der Waals surface area contributed by atoms with E-state index in [-0.39, 0.29) is 11.7 Å². The maximum Gasteiger partial charge on any atom is 0.261 e. The van der Waals surface area contributed by atoms with Crippen LogP contribution in [0.25, 0.3) is 0 Å². The van der Waals surface area contributed by atoms with Gasteiger partial charge in [-0.05, 0) is 38.1 Å². The molecule has 17 heavy (non-hydrogen) atoms. The number of hydrogen-bond donors (Lipinski definition) is 1. The minimum atomic E-state index is -0.625. The van der Waals surface area contributed by atoms with Crippen molar-refractivity contribution in [3.05, 3.63) is 42.2 Å². The first-order chi connectivity index (χ1) is 7.99. The summed E-state index contributed by atoms with van der Waals surface area (Å²) in [4.78, 5) is 11.6. The minimum absolute atomic E-state index is 0.225. The Morgan fingerprint density at radius 2 is 2.06 bits per heavy atom. The SMILES string of the molecule is C=C(C)CNC(=O)C(C)Oc1ccc(F)cc1. The van der Waals surface area contributed by atoms with Crippen molar-refractivity contribution in [3.8, 4) is 5.75 Å². The molecule has 0 spiro atoms. The quantitative estimate of drug-likeness (QED) is 0.798. The van der Waals surface area contributed by atoms with Crippen molar-refractivity contribution in [1.82, 2.24) is 5.32 Å². The Labute approximate surface area is 100 Å². The highest BCUT2D eigenvalue weighted by molar-refractivity contribution is 5.80. The van der Waals surface area contributed by atoms with Gasteiger partial charge in [-0.2, -0.15) is 0 Å². The summed E-state index contributed by atoms with van der Waals surface area (Å²) in [5.41, 5.74) is 0.868. The number of carbonyl (C=O) groups excluding carboxylic acids is 1. The Balaban J connectivity index is 2.48. The summed E-state index contributed by atoms with van der Waals surface area (Å²) in [5, 5.41) is 2.68. The monoisotopic (exact) mass is 237 g/mol. The number of rotatable bonds is 5. The van der Waals surface area contributed by atoms with Gasteiger partial charge < -0.3 is 10.1 Å². The second kappa shape index (κ2) is 6.03. The molecule has 92 valence electrons. The van der Waals surface area contributed by atoms with Crippen molar-refractivity contribution in [3.63, 3.8) is 0 Å². The van der Waals surface area contributed by atoms with Crippen LogP contribution in [0.5, 0.6) is 5.75 Å². The van der Waals surface area contributed by atoms with Crippen molar-refractivity contribution < 1.29 is 13.9 Å². The predicted molar refractivity (Wildman–Crippen MR) is 64.3 cm³/mol. The van der Waals surface area contributed by atoms with Crippen molar-refractivity contribution >= 4 is 5.91 Å². The molecule has 1 N–H and O–H groups in total. The van der Waals surface area contributed by atoms with Gasteiger partial charge in [0.2, 0.25) is 0 Å². The molecule has 1 rings (SSSR count). The molecular formula is C13H16FNO2. The van der Waals surface area contributed by atoms with Gasteiger partial charge in [-0.25, -0.2) is 4.39 Å². The van der Waals surface area contributed by atoms with E-state index in [1.807, 2.05) is 6.92 Å². The summed E-state index contributed by atoms with van der Waals surface area (Å²) >= 11 is 0. The molecule has 0 fully saturated rings. The maximum atomic E-state index is 12.6. The van der Waals surface area contributed by atoms with E-state index in [9.17, 15) is 9.18 Å². The first-order valence-corrected chi connectivity index (χ1v) is 5.33. The second-order valence-electron chi connectivity index (χ2n) is 3.89. The number of amides is 1. The molecule has 0 radical (unpaired) electrons. The predicted octanol–water partition coefficient (Wildman–Crippen LogP) is 2.29. The molecule has 1 atom stereocenters. The fourth-order valence-corrected chi connectivity index (χ4v) is 1.15. The fourth-order valence-electron chi connectivity index (χ4n) is 1.15. The average Bonchev–Trinajstić information content (AvgIpc) is 2.28. The molecule has 0 aromatic heterocycles. The van der Waals surface area contributed by atoms with Crippen LogP contribution in [0, 0.1) is 5.82 Å². The van der Waals surface area contributed by atoms with Crippen molar-refractivity contribution in [2.45, 2.75) is 20.0 Å². The van der Waals surface area contributed by atoms with Gasteiger partial charge in [0.05, 0.1) is 0 Å². The molecule has 0 aliphatic heterocycles. The first kappa shape index (κ1) is 13.2. The lowest BCUT2D eigenvalue weighted by Gasteiger charge is -2.14. The normalized spacial score (nSPS) is 11.7. The Morgan fingerprint density at radius 1 is 1.47 bits per heavy atom. The summed E-state index contributed by atoms with van der Waals surface area (Å²) < 4.78 is 18.0. The number of benzene rings is 1. The maximum absolute atomic E-state index is 12.6. The van der Waals surface area contributed by atoms with E-state index in [2.05, 4.69) is 11.9 Å². The third-order valence-corrected chi connectivity index (χ3v) is 2.06. The van der Waals surface area contributed by atoms with Gasteiger partial charge >= 0.3 is 0 Å². The van der Waals surface area contributed by atoms with E-state index in [0.717, 1.165) is 5.57 Å². The van der Waals surface area contributed by atoms with Crippen LogP contribution in [-0.2, 0) is 4.79 Å². The molecular weight excluding hydrogens is 221 g/mol. The number of hydrogen-bond acceptors (Lipinski definition) is 2. The van der Waals surface area contributed by atoms with Crippen molar-refractivity contribution in [2.24, 2.45) is 0 Å². The second-order valence-corrected chi connectivity index (χ2v) is 3.89. The topological polar surface area (TPSA) is 38.3 Å². The summed E-state index contributed by atoms with van der Waals surface area (Å²) in [6, 6.07) is 5.54. The minimum Gasteiger partial charge on any atom is -0.481 e. The fraction of sp³-hybridized carbons (Fsp3) is 0.308. The number of carbonyl (C=O) groups is 1. The molecule has 3 nitrogen and oxygen atoms in total.